The minimum Gasteiger partial charge on any atom is -0.274 e. The third-order valence-corrected chi connectivity index (χ3v) is 4.68. The molecule has 2 aromatic carbocycles. The number of anilines is 1. The summed E-state index contributed by atoms with van der Waals surface area (Å²) in [6.07, 6.45) is 2.44. The molecule has 0 aromatic heterocycles. The highest BCUT2D eigenvalue weighted by molar-refractivity contribution is 7.92. The zero-order chi connectivity index (χ0) is 19.3. The highest BCUT2D eigenvalue weighted by Crippen LogP contribution is 2.16. The topological polar surface area (TPSA) is 122 Å². The Hall–Kier alpha value is -3.27. The van der Waals surface area contributed by atoms with E-state index in [-0.39, 0.29) is 5.69 Å². The molecular formula is C16H16N4O5S. The van der Waals surface area contributed by atoms with Gasteiger partial charge >= 0.3 is 0 Å². The van der Waals surface area contributed by atoms with Gasteiger partial charge in [-0.1, -0.05) is 0 Å². The molecule has 1 amide bonds. The van der Waals surface area contributed by atoms with Crippen molar-refractivity contribution in [2.24, 2.45) is 5.10 Å². The fourth-order valence-electron chi connectivity index (χ4n) is 1.93. The Morgan fingerprint density at radius 2 is 1.73 bits per heavy atom. The van der Waals surface area contributed by atoms with Gasteiger partial charge in [0.25, 0.3) is 11.6 Å². The first-order chi connectivity index (χ1) is 12.2. The van der Waals surface area contributed by atoms with Gasteiger partial charge in [0.05, 0.1) is 23.1 Å². The van der Waals surface area contributed by atoms with E-state index in [4.69, 9.17) is 0 Å². The summed E-state index contributed by atoms with van der Waals surface area (Å²) in [6, 6.07) is 11.7. The summed E-state index contributed by atoms with van der Waals surface area (Å²) in [4.78, 5) is 22.1. The van der Waals surface area contributed by atoms with E-state index in [9.17, 15) is 23.3 Å². The van der Waals surface area contributed by atoms with E-state index < -0.39 is 20.9 Å². The fraction of sp³-hybridized carbons (Fsp3) is 0.125. The Morgan fingerprint density at radius 3 is 2.23 bits per heavy atom. The van der Waals surface area contributed by atoms with Crippen molar-refractivity contribution >= 4 is 33.5 Å². The van der Waals surface area contributed by atoms with Gasteiger partial charge in [-0.3, -0.25) is 19.2 Å². The summed E-state index contributed by atoms with van der Waals surface area (Å²) in [5.74, 6) is -0.475. The average molecular weight is 376 g/mol. The second-order valence-corrected chi connectivity index (χ2v) is 7.34. The smallest absolute Gasteiger partial charge is 0.271 e. The van der Waals surface area contributed by atoms with E-state index in [1.54, 1.807) is 0 Å². The standard InChI is InChI=1S/C16H16N4O5S/c1-19(26(2,24)25)14-9-5-13(6-10-14)16(21)18-17-11-12-3-7-15(8-4-12)20(22)23/h3-11H,1-2H3,(H,18,21)/b17-11-. The van der Waals surface area contributed by atoms with E-state index in [0.29, 0.717) is 16.8 Å². The minimum absolute atomic E-state index is 0.0367. The minimum atomic E-state index is -3.38. The largest absolute Gasteiger partial charge is 0.274 e. The summed E-state index contributed by atoms with van der Waals surface area (Å²) >= 11 is 0. The lowest BCUT2D eigenvalue weighted by atomic mass is 10.2. The highest BCUT2D eigenvalue weighted by Gasteiger charge is 2.12. The van der Waals surface area contributed by atoms with Gasteiger partial charge in [-0.05, 0) is 42.0 Å². The van der Waals surface area contributed by atoms with Crippen LogP contribution >= 0.6 is 0 Å². The lowest BCUT2D eigenvalue weighted by Crippen LogP contribution is -2.25. The molecule has 2 aromatic rings. The second kappa shape index (κ2) is 7.74. The molecule has 0 unspecified atom stereocenters. The van der Waals surface area contributed by atoms with Gasteiger partial charge in [-0.15, -0.1) is 0 Å². The molecule has 0 bridgehead atoms. The Morgan fingerprint density at radius 1 is 1.15 bits per heavy atom. The monoisotopic (exact) mass is 376 g/mol. The van der Waals surface area contributed by atoms with Crippen LogP contribution in [0.15, 0.2) is 53.6 Å². The first-order valence-corrected chi connectivity index (χ1v) is 9.15. The van der Waals surface area contributed by atoms with Gasteiger partial charge in [-0.2, -0.15) is 5.10 Å². The van der Waals surface area contributed by atoms with Crippen LogP contribution in [-0.2, 0) is 10.0 Å². The molecule has 26 heavy (non-hydrogen) atoms. The fourth-order valence-corrected chi connectivity index (χ4v) is 2.43. The number of sulfonamides is 1. The first kappa shape index (κ1) is 19.1. The summed E-state index contributed by atoms with van der Waals surface area (Å²) in [5.41, 5.74) is 3.61. The molecular weight excluding hydrogens is 360 g/mol. The Balaban J connectivity index is 2.00. The van der Waals surface area contributed by atoms with Crippen LogP contribution in [0, 0.1) is 10.1 Å². The van der Waals surface area contributed by atoms with Gasteiger partial charge in [0.15, 0.2) is 0 Å². The highest BCUT2D eigenvalue weighted by atomic mass is 32.2. The van der Waals surface area contributed by atoms with E-state index in [1.165, 1.54) is 61.8 Å². The maximum atomic E-state index is 12.0. The van der Waals surface area contributed by atoms with Crippen molar-refractivity contribution in [3.63, 3.8) is 0 Å². The molecule has 0 aliphatic rings. The first-order valence-electron chi connectivity index (χ1n) is 7.30. The SMILES string of the molecule is CN(c1ccc(C(=O)N/N=C\c2ccc([N+](=O)[O-])cc2)cc1)S(C)(=O)=O. The molecule has 0 aliphatic carbocycles. The molecule has 1 N–H and O–H groups in total. The van der Waals surface area contributed by atoms with Crippen LogP contribution in [0.3, 0.4) is 0 Å². The van der Waals surface area contributed by atoms with Crippen LogP contribution in [0.1, 0.15) is 15.9 Å². The summed E-state index contributed by atoms with van der Waals surface area (Å²) < 4.78 is 24.0. The molecule has 0 saturated heterocycles. The molecule has 2 rings (SSSR count). The molecule has 0 radical (unpaired) electrons. The Bertz CT molecular complexity index is 938. The molecule has 0 aliphatic heterocycles. The van der Waals surface area contributed by atoms with Gasteiger partial charge in [0, 0.05) is 24.7 Å². The second-order valence-electron chi connectivity index (χ2n) is 5.33. The lowest BCUT2D eigenvalue weighted by Gasteiger charge is -2.16. The van der Waals surface area contributed by atoms with Crippen molar-refractivity contribution in [1.29, 1.82) is 0 Å². The average Bonchev–Trinajstić information content (AvgIpc) is 2.60. The molecule has 0 saturated carbocycles. The van der Waals surface area contributed by atoms with Crippen LogP contribution in [0.5, 0.6) is 0 Å². The van der Waals surface area contributed by atoms with Crippen molar-refractivity contribution in [2.45, 2.75) is 0 Å². The molecule has 0 fully saturated rings. The Kier molecular flexibility index (Phi) is 5.68. The van der Waals surface area contributed by atoms with Crippen molar-refractivity contribution in [1.82, 2.24) is 5.43 Å². The van der Waals surface area contributed by atoms with Gasteiger partial charge < -0.3 is 0 Å². The molecule has 0 heterocycles. The number of nitro groups is 1. The van der Waals surface area contributed by atoms with Gasteiger partial charge in [0.2, 0.25) is 10.0 Å². The van der Waals surface area contributed by atoms with Crippen molar-refractivity contribution in [2.75, 3.05) is 17.6 Å². The summed E-state index contributed by atoms with van der Waals surface area (Å²) in [6.45, 7) is 0. The number of nitro benzene ring substituents is 1. The van der Waals surface area contributed by atoms with Gasteiger partial charge in [-0.25, -0.2) is 13.8 Å². The third-order valence-electron chi connectivity index (χ3n) is 3.47. The van der Waals surface area contributed by atoms with Crippen molar-refractivity contribution < 1.29 is 18.1 Å². The molecule has 0 spiro atoms. The molecule has 10 heteroatoms. The molecule has 0 atom stereocenters. The molecule has 9 nitrogen and oxygen atoms in total. The quantitative estimate of drug-likeness (QED) is 0.467. The number of non-ortho nitro benzene ring substituents is 1. The Labute approximate surface area is 150 Å². The number of hydrogen-bond acceptors (Lipinski definition) is 6. The number of amides is 1. The normalized spacial score (nSPS) is 11.3. The van der Waals surface area contributed by atoms with E-state index >= 15 is 0 Å². The van der Waals surface area contributed by atoms with Crippen molar-refractivity contribution in [3.8, 4) is 0 Å². The zero-order valence-electron chi connectivity index (χ0n) is 14.0. The third kappa shape index (κ3) is 4.86. The maximum absolute atomic E-state index is 12.0. The summed E-state index contributed by atoms with van der Waals surface area (Å²) in [5, 5.41) is 14.4. The number of hydrazone groups is 1. The van der Waals surface area contributed by atoms with Crippen LogP contribution in [0.2, 0.25) is 0 Å². The number of carbonyl (C=O) groups is 1. The van der Waals surface area contributed by atoms with Crippen LogP contribution in [0.4, 0.5) is 11.4 Å². The predicted molar refractivity (Wildman–Crippen MR) is 97.8 cm³/mol. The van der Waals surface area contributed by atoms with E-state index in [0.717, 1.165) is 10.6 Å². The predicted octanol–water partition coefficient (Wildman–Crippen LogP) is 1.75. The van der Waals surface area contributed by atoms with E-state index in [1.807, 2.05) is 0 Å². The number of hydrogen-bond donors (Lipinski definition) is 1. The number of nitrogens with one attached hydrogen (secondary N) is 1. The summed E-state index contributed by atoms with van der Waals surface area (Å²) in [7, 11) is -1.96. The lowest BCUT2D eigenvalue weighted by molar-refractivity contribution is -0.384. The molecule has 136 valence electrons. The maximum Gasteiger partial charge on any atom is 0.271 e. The number of nitrogens with zero attached hydrogens (tertiary/aromatic N) is 3. The van der Waals surface area contributed by atoms with Crippen molar-refractivity contribution in [3.05, 3.63) is 69.8 Å². The number of benzene rings is 2. The van der Waals surface area contributed by atoms with Crippen LogP contribution in [-0.4, -0.2) is 38.8 Å². The zero-order valence-corrected chi connectivity index (χ0v) is 14.8. The van der Waals surface area contributed by atoms with E-state index in [2.05, 4.69) is 10.5 Å². The van der Waals surface area contributed by atoms with Crippen LogP contribution < -0.4 is 9.73 Å². The van der Waals surface area contributed by atoms with Gasteiger partial charge in [0.1, 0.15) is 0 Å². The number of carbonyl (C=O) groups excluding carboxylic acids is 1. The van der Waals surface area contributed by atoms with Crippen LogP contribution in [0.25, 0.3) is 0 Å². The number of rotatable bonds is 6.